The van der Waals surface area contributed by atoms with E-state index >= 15 is 0 Å². The highest BCUT2D eigenvalue weighted by atomic mass is 16.6. The van der Waals surface area contributed by atoms with Gasteiger partial charge in [0.15, 0.2) is 0 Å². The lowest BCUT2D eigenvalue weighted by Gasteiger charge is -2.36. The summed E-state index contributed by atoms with van der Waals surface area (Å²) in [5.74, 6) is -2.13. The maximum absolute atomic E-state index is 13.9. The number of benzene rings is 4. The van der Waals surface area contributed by atoms with E-state index < -0.39 is 30.1 Å². The maximum Gasteiger partial charge on any atom is 0.407 e. The number of hydrogen-bond donors (Lipinski definition) is 3. The Hall–Kier alpha value is -5.78. The molecule has 57 heavy (non-hydrogen) atoms. The fourth-order valence-electron chi connectivity index (χ4n) is 7.95. The maximum atomic E-state index is 13.9. The number of nitrogens with one attached hydrogen (secondary N) is 2. The van der Waals surface area contributed by atoms with Gasteiger partial charge in [-0.05, 0) is 64.6 Å². The number of hydrogen-bond acceptors (Lipinski definition) is 8. The number of rotatable bonds is 10. The molecule has 4 aromatic carbocycles. The Balaban J connectivity index is 1.03. The van der Waals surface area contributed by atoms with Crippen LogP contribution in [-0.4, -0.2) is 78.4 Å². The number of allylic oxidation sites excluding steroid dienone is 2. The summed E-state index contributed by atoms with van der Waals surface area (Å²) in [5.41, 5.74) is 7.44. The van der Waals surface area contributed by atoms with Crippen LogP contribution in [0.25, 0.3) is 11.1 Å². The minimum Gasteiger partial charge on any atom is -0.462 e. The molecule has 296 valence electrons. The molecular formula is C46H49N3O8. The lowest BCUT2D eigenvalue weighted by atomic mass is 9.92. The zero-order chi connectivity index (χ0) is 39.6. The van der Waals surface area contributed by atoms with E-state index in [1.807, 2.05) is 103 Å². The van der Waals surface area contributed by atoms with Gasteiger partial charge in [0.1, 0.15) is 19.3 Å². The first-order valence-electron chi connectivity index (χ1n) is 19.7. The molecule has 0 spiro atoms. The molecule has 11 heteroatoms. The molecule has 11 nitrogen and oxygen atoms in total. The van der Waals surface area contributed by atoms with Gasteiger partial charge in [0.2, 0.25) is 11.8 Å². The molecule has 0 saturated heterocycles. The number of aliphatic hydroxyl groups excluding tert-OH is 1. The molecule has 0 fully saturated rings. The number of amides is 3. The minimum atomic E-state index is -1.01. The van der Waals surface area contributed by atoms with Crippen LogP contribution in [0.15, 0.2) is 115 Å². The summed E-state index contributed by atoms with van der Waals surface area (Å²) < 4.78 is 17.5. The number of ether oxygens (including phenoxy) is 3. The van der Waals surface area contributed by atoms with Crippen molar-refractivity contribution in [3.63, 3.8) is 0 Å². The lowest BCUT2D eigenvalue weighted by Crippen LogP contribution is -2.49. The highest BCUT2D eigenvalue weighted by Gasteiger charge is 2.34. The molecule has 3 aliphatic rings. The number of esters is 1. The van der Waals surface area contributed by atoms with E-state index in [0.29, 0.717) is 19.4 Å². The highest BCUT2D eigenvalue weighted by molar-refractivity contribution is 5.87. The minimum absolute atomic E-state index is 0.0321. The van der Waals surface area contributed by atoms with Crippen LogP contribution in [0.1, 0.15) is 59.4 Å². The molecule has 2 heterocycles. The van der Waals surface area contributed by atoms with Crippen molar-refractivity contribution in [2.24, 2.45) is 5.92 Å². The van der Waals surface area contributed by atoms with Gasteiger partial charge in [-0.25, -0.2) is 9.59 Å². The molecule has 7 rings (SSSR count). The Bertz CT molecular complexity index is 2020. The Kier molecular flexibility index (Phi) is 13.1. The first kappa shape index (κ1) is 39.5. The summed E-state index contributed by atoms with van der Waals surface area (Å²) in [6.07, 6.45) is 4.30. The lowest BCUT2D eigenvalue weighted by molar-refractivity contribution is -0.148. The average Bonchev–Trinajstić information content (AvgIpc) is 3.56. The van der Waals surface area contributed by atoms with Crippen molar-refractivity contribution in [3.8, 4) is 11.1 Å². The monoisotopic (exact) mass is 771 g/mol. The third-order valence-electron chi connectivity index (χ3n) is 11.0. The van der Waals surface area contributed by atoms with Crippen LogP contribution in [0.4, 0.5) is 4.79 Å². The molecule has 4 aromatic rings. The molecule has 3 amide bonds. The Morgan fingerprint density at radius 3 is 2.26 bits per heavy atom. The number of carbonyl (C=O) groups is 4. The molecule has 3 N–H and O–H groups in total. The summed E-state index contributed by atoms with van der Waals surface area (Å²) in [4.78, 5) is 56.2. The fraction of sp³-hybridized carbons (Fsp3) is 0.348. The van der Waals surface area contributed by atoms with E-state index in [-0.39, 0.29) is 76.1 Å². The van der Waals surface area contributed by atoms with E-state index in [2.05, 4.69) is 22.8 Å². The topological polar surface area (TPSA) is 144 Å². The molecule has 0 aromatic heterocycles. The van der Waals surface area contributed by atoms with Gasteiger partial charge in [0.25, 0.3) is 0 Å². The van der Waals surface area contributed by atoms with Crippen molar-refractivity contribution in [1.29, 1.82) is 0 Å². The normalized spacial score (nSPS) is 21.0. The number of alkyl carbamates (subject to hydrolysis) is 1. The van der Waals surface area contributed by atoms with E-state index in [1.54, 1.807) is 4.90 Å². The van der Waals surface area contributed by atoms with E-state index in [1.165, 1.54) is 0 Å². The average molecular weight is 772 g/mol. The number of nitrogens with zero attached hydrogens (tertiary/aromatic N) is 1. The molecule has 2 aliphatic heterocycles. The van der Waals surface area contributed by atoms with Gasteiger partial charge < -0.3 is 34.9 Å². The van der Waals surface area contributed by atoms with Crippen LogP contribution in [0.3, 0.4) is 0 Å². The summed E-state index contributed by atoms with van der Waals surface area (Å²) in [6, 6.07) is 31.4. The van der Waals surface area contributed by atoms with Crippen LogP contribution in [-0.2, 0) is 48.2 Å². The second-order valence-electron chi connectivity index (χ2n) is 14.9. The van der Waals surface area contributed by atoms with E-state index in [9.17, 15) is 24.3 Å². The summed E-state index contributed by atoms with van der Waals surface area (Å²) >= 11 is 0. The quantitative estimate of drug-likeness (QED) is 0.135. The van der Waals surface area contributed by atoms with Crippen molar-refractivity contribution >= 4 is 23.9 Å². The van der Waals surface area contributed by atoms with Crippen LogP contribution < -0.4 is 10.6 Å². The third-order valence-corrected chi connectivity index (χ3v) is 11.0. The second kappa shape index (κ2) is 18.9. The first-order chi connectivity index (χ1) is 27.9. The predicted molar refractivity (Wildman–Crippen MR) is 214 cm³/mol. The van der Waals surface area contributed by atoms with E-state index in [0.717, 1.165) is 38.9 Å². The largest absolute Gasteiger partial charge is 0.462 e. The van der Waals surface area contributed by atoms with Crippen molar-refractivity contribution in [1.82, 2.24) is 15.5 Å². The van der Waals surface area contributed by atoms with Gasteiger partial charge in [-0.1, -0.05) is 115 Å². The van der Waals surface area contributed by atoms with Crippen LogP contribution in [0, 0.1) is 5.92 Å². The van der Waals surface area contributed by atoms with E-state index in [4.69, 9.17) is 14.2 Å². The van der Waals surface area contributed by atoms with Gasteiger partial charge in [-0.15, -0.1) is 0 Å². The molecule has 1 aliphatic carbocycles. The standard InChI is InChI=1S/C46H49N3O8/c50-26-36-23-32-15-7-8-17-34(32)25-49(36)43(51)24-33-16-5-2-6-22-42(45(53)56-29-35(47-44(33)52)28-55-27-31-13-3-1-4-14-31)48-46(54)57-30-41-39-20-11-9-18-37(39)38-19-10-12-21-40(38)41/h1-5,7-15,17-21,33,35-36,41-42,50H,6,16,22-30H2,(H,47,52)(H,48,54). The third kappa shape index (κ3) is 9.79. The Morgan fingerprint density at radius 2 is 1.53 bits per heavy atom. The predicted octanol–water partition coefficient (Wildman–Crippen LogP) is 5.83. The van der Waals surface area contributed by atoms with Gasteiger partial charge in [0.05, 0.1) is 37.8 Å². The summed E-state index contributed by atoms with van der Waals surface area (Å²) in [5, 5.41) is 15.9. The van der Waals surface area contributed by atoms with Crippen molar-refractivity contribution in [2.45, 2.75) is 69.3 Å². The Morgan fingerprint density at radius 1 is 0.842 bits per heavy atom. The van der Waals surface area contributed by atoms with Gasteiger partial charge in [-0.3, -0.25) is 9.59 Å². The molecule has 0 radical (unpaired) electrons. The zero-order valence-corrected chi connectivity index (χ0v) is 31.9. The summed E-state index contributed by atoms with van der Waals surface area (Å²) in [7, 11) is 0. The molecule has 0 saturated carbocycles. The highest BCUT2D eigenvalue weighted by Crippen LogP contribution is 2.44. The van der Waals surface area contributed by atoms with Crippen molar-refractivity contribution in [2.75, 3.05) is 26.4 Å². The van der Waals surface area contributed by atoms with Crippen molar-refractivity contribution in [3.05, 3.63) is 143 Å². The van der Waals surface area contributed by atoms with Gasteiger partial charge in [-0.2, -0.15) is 0 Å². The molecule has 4 atom stereocenters. The number of fused-ring (bicyclic) bond motifs is 4. The first-order valence-corrected chi connectivity index (χ1v) is 19.7. The smallest absolute Gasteiger partial charge is 0.407 e. The second-order valence-corrected chi connectivity index (χ2v) is 14.9. The number of carbonyl (C=O) groups excluding carboxylic acids is 4. The van der Waals surface area contributed by atoms with Gasteiger partial charge in [0, 0.05) is 18.9 Å². The van der Waals surface area contributed by atoms with Crippen LogP contribution in [0.5, 0.6) is 0 Å². The summed E-state index contributed by atoms with van der Waals surface area (Å²) in [6.45, 7) is 0.354. The zero-order valence-electron chi connectivity index (χ0n) is 31.9. The van der Waals surface area contributed by atoms with Crippen molar-refractivity contribution < 1.29 is 38.5 Å². The Labute approximate surface area is 333 Å². The number of aliphatic hydroxyl groups is 1. The molecule has 0 bridgehead atoms. The molecule has 4 unspecified atom stereocenters. The van der Waals surface area contributed by atoms with Gasteiger partial charge >= 0.3 is 12.1 Å². The van der Waals surface area contributed by atoms with Crippen LogP contribution >= 0.6 is 0 Å². The van der Waals surface area contributed by atoms with Crippen LogP contribution in [0.2, 0.25) is 0 Å². The molecular weight excluding hydrogens is 723 g/mol. The SMILES string of the molecule is O=C(NC1CCC=CCC(CC(=O)N2Cc3ccccc3CC2CO)C(=O)NC(COCc2ccccc2)COC1=O)OCC1c2ccccc2-c2ccccc21. The fourth-order valence-corrected chi connectivity index (χ4v) is 7.95. The number of cyclic esters (lactones) is 1.